The monoisotopic (exact) mass is 310 g/mol. The van der Waals surface area contributed by atoms with Crippen molar-refractivity contribution in [2.45, 2.75) is 65.2 Å². The van der Waals surface area contributed by atoms with Crippen LogP contribution in [0.5, 0.6) is 0 Å². The molecule has 0 rings (SSSR count). The number of hydrogen-bond donors (Lipinski definition) is 1. The number of aliphatic imine (C=N–C) groups is 1. The average Bonchev–Trinajstić information content (AvgIpc) is 2.27. The minimum absolute atomic E-state index is 0.143. The quantitative estimate of drug-likeness (QED) is 0.277. The minimum Gasteiger partial charge on any atom is -0.324 e. The minimum atomic E-state index is -2.05. The van der Waals surface area contributed by atoms with E-state index in [1.807, 2.05) is 13.8 Å². The van der Waals surface area contributed by atoms with Gasteiger partial charge in [-0.2, -0.15) is 0 Å². The molecule has 2 atom stereocenters. The van der Waals surface area contributed by atoms with Crippen molar-refractivity contribution in [2.75, 3.05) is 6.54 Å². The van der Waals surface area contributed by atoms with Gasteiger partial charge in [0.1, 0.15) is 0 Å². The van der Waals surface area contributed by atoms with E-state index in [0.717, 1.165) is 25.8 Å². The summed E-state index contributed by atoms with van der Waals surface area (Å²) in [5, 5.41) is 3.73. The number of nitrogens with zero attached hydrogens (tertiary/aromatic N) is 1. The van der Waals surface area contributed by atoms with E-state index in [1.165, 1.54) is 0 Å². The first kappa shape index (κ1) is 18.4. The largest absolute Gasteiger partial charge is 0.324 e. The Balaban J connectivity index is 4.38. The van der Waals surface area contributed by atoms with Crippen LogP contribution in [0.1, 0.15) is 53.9 Å². The molecule has 0 saturated heterocycles. The van der Waals surface area contributed by atoms with E-state index in [-0.39, 0.29) is 6.10 Å². The van der Waals surface area contributed by atoms with E-state index >= 15 is 0 Å². The fourth-order valence-corrected chi connectivity index (χ4v) is 7.51. The normalized spacial score (nSPS) is 17.0. The van der Waals surface area contributed by atoms with Crippen LogP contribution < -0.4 is 5.09 Å². The van der Waals surface area contributed by atoms with Crippen LogP contribution in [0.4, 0.5) is 0 Å². The smallest absolute Gasteiger partial charge is 0.211 e. The van der Waals surface area contributed by atoms with Crippen molar-refractivity contribution in [1.82, 2.24) is 5.09 Å². The Labute approximate surface area is 121 Å². The van der Waals surface area contributed by atoms with Crippen LogP contribution in [0.3, 0.4) is 0 Å². The lowest BCUT2D eigenvalue weighted by Gasteiger charge is -2.25. The van der Waals surface area contributed by atoms with Crippen LogP contribution in [0.2, 0.25) is 0 Å². The van der Waals surface area contributed by atoms with E-state index in [9.17, 15) is 0 Å². The summed E-state index contributed by atoms with van der Waals surface area (Å²) in [6, 6.07) is 0. The molecule has 0 aliphatic rings. The first-order valence-corrected chi connectivity index (χ1v) is 10.9. The fraction of sp³-hybridized carbons (Fsp3) is 0.917. The molecular weight excluding hydrogens is 283 g/mol. The first-order chi connectivity index (χ1) is 8.43. The Morgan fingerprint density at radius 3 is 2.56 bits per heavy atom. The van der Waals surface area contributed by atoms with Crippen LogP contribution in [-0.2, 0) is 16.3 Å². The van der Waals surface area contributed by atoms with Crippen molar-refractivity contribution in [3.63, 3.8) is 0 Å². The van der Waals surface area contributed by atoms with Gasteiger partial charge in [0.05, 0.1) is 12.4 Å². The SMILES string of the molecule is CCCCN=CNP(=S)(OC(C)C)SC(C)CC. The molecule has 2 unspecified atom stereocenters. The predicted molar refractivity (Wildman–Crippen MR) is 89.3 cm³/mol. The molecule has 0 aliphatic heterocycles. The van der Waals surface area contributed by atoms with Gasteiger partial charge in [-0.1, -0.05) is 38.6 Å². The van der Waals surface area contributed by atoms with E-state index in [1.54, 1.807) is 17.7 Å². The zero-order valence-corrected chi connectivity index (χ0v) is 14.7. The number of hydrogen-bond acceptors (Lipinski definition) is 4. The topological polar surface area (TPSA) is 33.6 Å². The highest BCUT2D eigenvalue weighted by molar-refractivity contribution is 8.69. The van der Waals surface area contributed by atoms with Crippen molar-refractivity contribution in [2.24, 2.45) is 4.99 Å². The molecule has 0 aliphatic carbocycles. The van der Waals surface area contributed by atoms with Crippen LogP contribution in [0, 0.1) is 0 Å². The molecule has 0 aromatic carbocycles. The Hall–Kier alpha value is 0.430. The van der Waals surface area contributed by atoms with Crippen LogP contribution in [0.15, 0.2) is 4.99 Å². The van der Waals surface area contributed by atoms with Crippen molar-refractivity contribution in [1.29, 1.82) is 0 Å². The second kappa shape index (κ2) is 10.2. The molecule has 0 spiro atoms. The lowest BCUT2D eigenvalue weighted by Crippen LogP contribution is -2.13. The number of nitrogens with one attached hydrogen (secondary N) is 1. The van der Waals surface area contributed by atoms with Crippen LogP contribution in [0.25, 0.3) is 0 Å². The number of rotatable bonds is 10. The molecule has 0 radical (unpaired) electrons. The maximum absolute atomic E-state index is 5.90. The molecule has 1 N–H and O–H groups in total. The molecule has 0 aromatic heterocycles. The summed E-state index contributed by atoms with van der Waals surface area (Å²) in [7, 11) is 0. The lowest BCUT2D eigenvalue weighted by molar-refractivity contribution is 0.274. The standard InChI is InChI=1S/C12H27N2OPS2/c1-6-8-9-13-10-14-16(17,15-11(3)4)18-12(5)7-2/h10-12H,6-9H2,1-5H3,(H,13,14,17). The zero-order valence-electron chi connectivity index (χ0n) is 12.2. The summed E-state index contributed by atoms with van der Waals surface area (Å²) in [4.78, 5) is 4.32. The summed E-state index contributed by atoms with van der Waals surface area (Å²) in [5.74, 6) is 0. The van der Waals surface area contributed by atoms with Gasteiger partial charge in [0.2, 0.25) is 5.62 Å². The first-order valence-electron chi connectivity index (χ1n) is 6.66. The van der Waals surface area contributed by atoms with Crippen molar-refractivity contribution in [3.05, 3.63) is 0 Å². The van der Waals surface area contributed by atoms with Gasteiger partial charge in [-0.3, -0.25) is 4.99 Å². The van der Waals surface area contributed by atoms with Crippen LogP contribution in [-0.4, -0.2) is 24.2 Å². The van der Waals surface area contributed by atoms with E-state index < -0.39 is 5.62 Å². The van der Waals surface area contributed by atoms with Gasteiger partial charge >= 0.3 is 0 Å². The number of unbranched alkanes of at least 4 members (excludes halogenated alkanes) is 1. The molecule has 6 heteroatoms. The molecule has 108 valence electrons. The Morgan fingerprint density at radius 1 is 1.39 bits per heavy atom. The van der Waals surface area contributed by atoms with Gasteiger partial charge in [0.15, 0.2) is 0 Å². The highest BCUT2D eigenvalue weighted by atomic mass is 32.9. The van der Waals surface area contributed by atoms with Gasteiger partial charge in [-0.25, -0.2) is 0 Å². The molecule has 0 aromatic rings. The van der Waals surface area contributed by atoms with E-state index in [4.69, 9.17) is 16.3 Å². The third-order valence-corrected chi connectivity index (χ3v) is 8.13. The summed E-state index contributed by atoms with van der Waals surface area (Å²) < 4.78 is 5.90. The van der Waals surface area contributed by atoms with Crippen molar-refractivity contribution < 1.29 is 4.52 Å². The second-order valence-electron chi connectivity index (χ2n) is 4.49. The molecular formula is C12H27N2OPS2. The summed E-state index contributed by atoms with van der Waals surface area (Å²) in [6.07, 6.45) is 5.26. The molecule has 3 nitrogen and oxygen atoms in total. The molecule has 0 saturated carbocycles. The van der Waals surface area contributed by atoms with Crippen molar-refractivity contribution >= 4 is 35.1 Å². The fourth-order valence-electron chi connectivity index (χ4n) is 1.10. The summed E-state index contributed by atoms with van der Waals surface area (Å²) in [5.41, 5.74) is -2.05. The molecule has 0 fully saturated rings. The summed E-state index contributed by atoms with van der Waals surface area (Å²) >= 11 is 7.39. The Morgan fingerprint density at radius 2 is 2.06 bits per heavy atom. The molecule has 18 heavy (non-hydrogen) atoms. The van der Waals surface area contributed by atoms with Gasteiger partial charge in [0.25, 0.3) is 0 Å². The molecule has 0 bridgehead atoms. The van der Waals surface area contributed by atoms with Crippen molar-refractivity contribution in [3.8, 4) is 0 Å². The summed E-state index contributed by atoms with van der Waals surface area (Å²) in [6.45, 7) is 11.4. The van der Waals surface area contributed by atoms with Crippen LogP contribution >= 0.6 is 17.0 Å². The Kier molecular flexibility index (Phi) is 10.5. The zero-order chi connectivity index (χ0) is 14.0. The predicted octanol–water partition coefficient (Wildman–Crippen LogP) is 4.59. The van der Waals surface area contributed by atoms with Gasteiger partial charge in [-0.05, 0) is 38.5 Å². The Bertz CT molecular complexity index is 285. The average molecular weight is 310 g/mol. The van der Waals surface area contributed by atoms with E-state index in [0.29, 0.717) is 5.25 Å². The lowest BCUT2D eigenvalue weighted by atomic mass is 10.3. The van der Waals surface area contributed by atoms with Gasteiger partial charge in [-0.15, -0.1) is 0 Å². The van der Waals surface area contributed by atoms with E-state index in [2.05, 4.69) is 30.9 Å². The highest BCUT2D eigenvalue weighted by Crippen LogP contribution is 2.59. The second-order valence-corrected chi connectivity index (χ2v) is 11.4. The molecule has 0 amide bonds. The van der Waals surface area contributed by atoms with Gasteiger partial charge in [0, 0.05) is 11.8 Å². The molecule has 0 heterocycles. The third kappa shape index (κ3) is 9.37. The maximum atomic E-state index is 5.90. The third-order valence-electron chi connectivity index (χ3n) is 2.19. The highest BCUT2D eigenvalue weighted by Gasteiger charge is 2.21. The van der Waals surface area contributed by atoms with Gasteiger partial charge < -0.3 is 9.61 Å². The maximum Gasteiger partial charge on any atom is 0.211 e.